The lowest BCUT2D eigenvalue weighted by molar-refractivity contribution is -0.154. The van der Waals surface area contributed by atoms with E-state index >= 15 is 0 Å². The maximum absolute atomic E-state index is 12.2. The van der Waals surface area contributed by atoms with Crippen LogP contribution in [-0.4, -0.2) is 19.4 Å². The molecular formula is C18H16O3. The van der Waals surface area contributed by atoms with Crippen molar-refractivity contribution in [1.82, 2.24) is 0 Å². The van der Waals surface area contributed by atoms with E-state index in [0.717, 1.165) is 16.7 Å². The van der Waals surface area contributed by atoms with Crippen LogP contribution in [0.4, 0.5) is 0 Å². The number of benzene rings is 2. The molecular weight excluding hydrogens is 264 g/mol. The van der Waals surface area contributed by atoms with Crippen LogP contribution in [0.1, 0.15) is 11.1 Å². The summed E-state index contributed by atoms with van der Waals surface area (Å²) in [4.78, 5) is 12.2. The summed E-state index contributed by atoms with van der Waals surface area (Å²) in [6.45, 7) is 0. The van der Waals surface area contributed by atoms with Gasteiger partial charge in [0.05, 0.1) is 5.57 Å². The Labute approximate surface area is 123 Å². The molecule has 1 unspecified atom stereocenters. The van der Waals surface area contributed by atoms with E-state index in [1.165, 1.54) is 0 Å². The smallest absolute Gasteiger partial charge is 0.341 e. The number of cyclic esters (lactones) is 1. The minimum absolute atomic E-state index is 0.320. The molecule has 0 aromatic heterocycles. The van der Waals surface area contributed by atoms with Gasteiger partial charge in [0.15, 0.2) is 0 Å². The number of ether oxygens (including phenoxy) is 2. The Hall–Kier alpha value is -2.39. The zero-order valence-electron chi connectivity index (χ0n) is 11.8. The van der Waals surface area contributed by atoms with E-state index in [1.807, 2.05) is 60.7 Å². The van der Waals surface area contributed by atoms with Crippen LogP contribution in [-0.2, 0) is 20.7 Å². The molecule has 0 aliphatic carbocycles. The highest BCUT2D eigenvalue weighted by Gasteiger charge is 2.34. The SMILES string of the molecule is COC1OC(=O)C(c2ccccc2)=C1Cc1ccccc1. The lowest BCUT2D eigenvalue weighted by Gasteiger charge is -2.12. The summed E-state index contributed by atoms with van der Waals surface area (Å²) in [5.41, 5.74) is 3.49. The summed E-state index contributed by atoms with van der Waals surface area (Å²) in [5.74, 6) is -0.320. The molecule has 0 N–H and O–H groups in total. The van der Waals surface area contributed by atoms with E-state index in [1.54, 1.807) is 7.11 Å². The molecule has 0 saturated carbocycles. The minimum atomic E-state index is -0.604. The molecule has 1 atom stereocenters. The highest BCUT2D eigenvalue weighted by Crippen LogP contribution is 2.33. The molecule has 2 aromatic rings. The Morgan fingerprint density at radius 3 is 2.24 bits per heavy atom. The Bertz CT molecular complexity index is 659. The highest BCUT2D eigenvalue weighted by atomic mass is 16.7. The molecule has 0 radical (unpaired) electrons. The van der Waals surface area contributed by atoms with Gasteiger partial charge in [0.2, 0.25) is 6.29 Å². The molecule has 3 rings (SSSR count). The Morgan fingerprint density at radius 1 is 1.00 bits per heavy atom. The zero-order chi connectivity index (χ0) is 14.7. The fourth-order valence-electron chi connectivity index (χ4n) is 2.56. The number of hydrogen-bond donors (Lipinski definition) is 0. The Kier molecular flexibility index (Phi) is 3.84. The lowest BCUT2D eigenvalue weighted by atomic mass is 9.96. The predicted molar refractivity (Wildman–Crippen MR) is 80.4 cm³/mol. The molecule has 0 amide bonds. The minimum Gasteiger partial charge on any atom is -0.428 e. The molecule has 0 spiro atoms. The van der Waals surface area contributed by atoms with Crippen molar-refractivity contribution >= 4 is 11.5 Å². The van der Waals surface area contributed by atoms with Gasteiger partial charge in [-0.05, 0) is 11.1 Å². The molecule has 1 aliphatic rings. The number of methoxy groups -OCH3 is 1. The Balaban J connectivity index is 2.04. The van der Waals surface area contributed by atoms with Crippen LogP contribution in [0.3, 0.4) is 0 Å². The van der Waals surface area contributed by atoms with E-state index in [2.05, 4.69) is 0 Å². The van der Waals surface area contributed by atoms with Gasteiger partial charge in [0.1, 0.15) is 0 Å². The highest BCUT2D eigenvalue weighted by molar-refractivity contribution is 6.19. The van der Waals surface area contributed by atoms with E-state index in [9.17, 15) is 4.79 Å². The zero-order valence-corrected chi connectivity index (χ0v) is 11.8. The molecule has 2 aromatic carbocycles. The van der Waals surface area contributed by atoms with Crippen LogP contribution in [0.2, 0.25) is 0 Å². The summed E-state index contributed by atoms with van der Waals surface area (Å²) >= 11 is 0. The quantitative estimate of drug-likeness (QED) is 0.807. The van der Waals surface area contributed by atoms with Gasteiger partial charge in [0, 0.05) is 19.1 Å². The number of rotatable bonds is 4. The van der Waals surface area contributed by atoms with Crippen LogP contribution in [0.25, 0.3) is 5.57 Å². The average molecular weight is 280 g/mol. The average Bonchev–Trinajstić information content (AvgIpc) is 2.85. The molecule has 0 saturated heterocycles. The third kappa shape index (κ3) is 2.73. The number of carbonyl (C=O) groups excluding carboxylic acids is 1. The van der Waals surface area contributed by atoms with Crippen LogP contribution in [0.15, 0.2) is 66.2 Å². The fraction of sp³-hybridized carbons (Fsp3) is 0.167. The van der Waals surface area contributed by atoms with Gasteiger partial charge in [0.25, 0.3) is 0 Å². The monoisotopic (exact) mass is 280 g/mol. The standard InChI is InChI=1S/C18H16O3/c1-20-18-15(12-13-8-4-2-5-9-13)16(17(19)21-18)14-10-6-3-7-11-14/h2-11,18H,12H2,1H3. The van der Waals surface area contributed by atoms with Crippen molar-refractivity contribution in [2.24, 2.45) is 0 Å². The van der Waals surface area contributed by atoms with Gasteiger partial charge in [-0.2, -0.15) is 0 Å². The first-order valence-corrected chi connectivity index (χ1v) is 6.86. The van der Waals surface area contributed by atoms with Crippen molar-refractivity contribution in [3.63, 3.8) is 0 Å². The number of hydrogen-bond acceptors (Lipinski definition) is 3. The van der Waals surface area contributed by atoms with E-state index in [0.29, 0.717) is 12.0 Å². The van der Waals surface area contributed by atoms with E-state index < -0.39 is 6.29 Å². The second-order valence-electron chi connectivity index (χ2n) is 4.90. The Morgan fingerprint density at radius 2 is 1.62 bits per heavy atom. The van der Waals surface area contributed by atoms with Gasteiger partial charge in [-0.1, -0.05) is 60.7 Å². The van der Waals surface area contributed by atoms with Crippen LogP contribution >= 0.6 is 0 Å². The maximum atomic E-state index is 12.2. The summed E-state index contributed by atoms with van der Waals surface area (Å²) in [6, 6.07) is 19.6. The predicted octanol–water partition coefficient (Wildman–Crippen LogP) is 3.21. The van der Waals surface area contributed by atoms with Crippen LogP contribution in [0.5, 0.6) is 0 Å². The van der Waals surface area contributed by atoms with E-state index in [-0.39, 0.29) is 5.97 Å². The third-order valence-corrected chi connectivity index (χ3v) is 3.54. The molecule has 21 heavy (non-hydrogen) atoms. The topological polar surface area (TPSA) is 35.5 Å². The molecule has 0 fully saturated rings. The van der Waals surface area contributed by atoms with Crippen molar-refractivity contribution in [3.8, 4) is 0 Å². The molecule has 1 aliphatic heterocycles. The first kappa shape index (κ1) is 13.6. The van der Waals surface area contributed by atoms with Gasteiger partial charge < -0.3 is 9.47 Å². The maximum Gasteiger partial charge on any atom is 0.341 e. The van der Waals surface area contributed by atoms with Gasteiger partial charge in [-0.3, -0.25) is 0 Å². The van der Waals surface area contributed by atoms with Gasteiger partial charge in [-0.25, -0.2) is 4.79 Å². The normalized spacial score (nSPS) is 18.0. The van der Waals surface area contributed by atoms with Crippen molar-refractivity contribution in [3.05, 3.63) is 77.4 Å². The molecule has 0 bridgehead atoms. The van der Waals surface area contributed by atoms with E-state index in [4.69, 9.17) is 9.47 Å². The first-order valence-electron chi connectivity index (χ1n) is 6.86. The van der Waals surface area contributed by atoms with Crippen molar-refractivity contribution in [2.75, 3.05) is 7.11 Å². The third-order valence-electron chi connectivity index (χ3n) is 3.54. The summed E-state index contributed by atoms with van der Waals surface area (Å²) in [5, 5.41) is 0. The first-order chi connectivity index (χ1) is 10.3. The molecule has 3 heteroatoms. The lowest BCUT2D eigenvalue weighted by Crippen LogP contribution is -2.15. The van der Waals surface area contributed by atoms with Crippen molar-refractivity contribution in [2.45, 2.75) is 12.7 Å². The fourth-order valence-corrected chi connectivity index (χ4v) is 2.56. The summed E-state index contributed by atoms with van der Waals surface area (Å²) < 4.78 is 10.6. The van der Waals surface area contributed by atoms with Gasteiger partial charge in [-0.15, -0.1) is 0 Å². The van der Waals surface area contributed by atoms with Crippen LogP contribution in [0, 0.1) is 0 Å². The van der Waals surface area contributed by atoms with Crippen molar-refractivity contribution in [1.29, 1.82) is 0 Å². The summed E-state index contributed by atoms with van der Waals surface area (Å²) in [6.07, 6.45) is 0.0305. The molecule has 3 nitrogen and oxygen atoms in total. The van der Waals surface area contributed by atoms with Gasteiger partial charge >= 0.3 is 5.97 Å². The largest absolute Gasteiger partial charge is 0.428 e. The number of carbonyl (C=O) groups is 1. The van der Waals surface area contributed by atoms with Crippen LogP contribution < -0.4 is 0 Å². The molecule has 106 valence electrons. The summed E-state index contributed by atoms with van der Waals surface area (Å²) in [7, 11) is 1.55. The second kappa shape index (κ2) is 5.94. The second-order valence-corrected chi connectivity index (χ2v) is 4.90. The molecule has 1 heterocycles. The van der Waals surface area contributed by atoms with Crippen molar-refractivity contribution < 1.29 is 14.3 Å². The number of esters is 1.